The van der Waals surface area contributed by atoms with Gasteiger partial charge in [-0.05, 0) is 36.3 Å². The molecule has 1 aliphatic carbocycles. The van der Waals surface area contributed by atoms with E-state index in [1.54, 1.807) is 0 Å². The summed E-state index contributed by atoms with van der Waals surface area (Å²) in [6.07, 6.45) is 4.40. The van der Waals surface area contributed by atoms with Gasteiger partial charge in [0.1, 0.15) is 0 Å². The summed E-state index contributed by atoms with van der Waals surface area (Å²) in [5.74, 6) is 2.45. The van der Waals surface area contributed by atoms with Crippen molar-refractivity contribution in [1.29, 1.82) is 0 Å². The third-order valence-corrected chi connectivity index (χ3v) is 2.74. The lowest BCUT2D eigenvalue weighted by Gasteiger charge is -2.11. The third-order valence-electron chi connectivity index (χ3n) is 2.74. The molecule has 1 aromatic heterocycles. The van der Waals surface area contributed by atoms with E-state index in [2.05, 4.69) is 18.8 Å². The van der Waals surface area contributed by atoms with Crippen LogP contribution in [0.15, 0.2) is 12.3 Å². The molecule has 2 N–H and O–H groups in total. The lowest BCUT2D eigenvalue weighted by molar-refractivity contribution is 0.300. The van der Waals surface area contributed by atoms with Crippen molar-refractivity contribution in [2.75, 3.05) is 12.3 Å². The van der Waals surface area contributed by atoms with Gasteiger partial charge in [-0.25, -0.2) is 4.98 Å². The van der Waals surface area contributed by atoms with Gasteiger partial charge in [0, 0.05) is 6.20 Å². The summed E-state index contributed by atoms with van der Waals surface area (Å²) >= 11 is 0. The molecule has 0 unspecified atom stereocenters. The van der Waals surface area contributed by atoms with Crippen LogP contribution in [0.2, 0.25) is 0 Å². The zero-order valence-electron chi connectivity index (χ0n) is 9.36. The Kier molecular flexibility index (Phi) is 2.80. The van der Waals surface area contributed by atoms with Crippen molar-refractivity contribution in [2.24, 2.45) is 5.92 Å². The lowest BCUT2D eigenvalue weighted by Crippen LogP contribution is -2.04. The Morgan fingerprint density at radius 1 is 1.53 bits per heavy atom. The fourth-order valence-electron chi connectivity index (χ4n) is 1.39. The summed E-state index contributed by atoms with van der Waals surface area (Å²) in [7, 11) is 0. The first-order valence-corrected chi connectivity index (χ1v) is 5.55. The summed E-state index contributed by atoms with van der Waals surface area (Å²) < 4.78 is 5.66. The molecule has 15 heavy (non-hydrogen) atoms. The third kappa shape index (κ3) is 2.61. The first kappa shape index (κ1) is 10.3. The van der Waals surface area contributed by atoms with Crippen LogP contribution in [0, 0.1) is 5.92 Å². The maximum Gasteiger partial charge on any atom is 0.166 e. The van der Waals surface area contributed by atoms with Crippen LogP contribution in [0.25, 0.3) is 0 Å². The molecule has 3 nitrogen and oxygen atoms in total. The van der Waals surface area contributed by atoms with E-state index in [1.807, 2.05) is 12.3 Å². The predicted molar refractivity (Wildman–Crippen MR) is 61.0 cm³/mol. The number of ether oxygens (including phenoxy) is 1. The van der Waals surface area contributed by atoms with Gasteiger partial charge in [-0.3, -0.25) is 0 Å². The number of nitrogen functional groups attached to an aromatic ring is 1. The van der Waals surface area contributed by atoms with Crippen LogP contribution >= 0.6 is 0 Å². The number of pyridine rings is 1. The van der Waals surface area contributed by atoms with Crippen LogP contribution in [0.3, 0.4) is 0 Å². The van der Waals surface area contributed by atoms with Gasteiger partial charge in [-0.15, -0.1) is 0 Å². The minimum Gasteiger partial charge on any atom is -0.489 e. The van der Waals surface area contributed by atoms with Gasteiger partial charge in [0.25, 0.3) is 0 Å². The van der Waals surface area contributed by atoms with Gasteiger partial charge in [-0.2, -0.15) is 0 Å². The molecule has 1 aliphatic rings. The van der Waals surface area contributed by atoms with Gasteiger partial charge in [0.2, 0.25) is 0 Å². The second-order valence-corrected chi connectivity index (χ2v) is 4.56. The number of hydrogen-bond acceptors (Lipinski definition) is 3. The summed E-state index contributed by atoms with van der Waals surface area (Å²) in [4.78, 5) is 4.15. The van der Waals surface area contributed by atoms with Crippen molar-refractivity contribution in [2.45, 2.75) is 32.6 Å². The van der Waals surface area contributed by atoms with Gasteiger partial charge < -0.3 is 10.5 Å². The van der Waals surface area contributed by atoms with Gasteiger partial charge in [0.05, 0.1) is 6.61 Å². The molecule has 1 saturated carbocycles. The lowest BCUT2D eigenvalue weighted by atomic mass is 10.1. The Morgan fingerprint density at radius 2 is 2.27 bits per heavy atom. The van der Waals surface area contributed by atoms with E-state index in [0.717, 1.165) is 18.3 Å². The minimum atomic E-state index is 0.460. The molecule has 82 valence electrons. The Hall–Kier alpha value is -1.25. The van der Waals surface area contributed by atoms with Crippen LogP contribution < -0.4 is 10.5 Å². The second kappa shape index (κ2) is 4.09. The number of aromatic nitrogens is 1. The highest BCUT2D eigenvalue weighted by Gasteiger charge is 2.22. The van der Waals surface area contributed by atoms with E-state index in [1.165, 1.54) is 18.4 Å². The Morgan fingerprint density at radius 3 is 2.87 bits per heavy atom. The summed E-state index contributed by atoms with van der Waals surface area (Å²) in [6, 6.07) is 2.01. The number of nitrogens with zero attached hydrogens (tertiary/aromatic N) is 1. The van der Waals surface area contributed by atoms with Crippen LogP contribution in [-0.2, 0) is 0 Å². The largest absolute Gasteiger partial charge is 0.489 e. The summed E-state index contributed by atoms with van der Waals surface area (Å²) in [6.45, 7) is 5.06. The van der Waals surface area contributed by atoms with E-state index in [-0.39, 0.29) is 0 Å². The summed E-state index contributed by atoms with van der Waals surface area (Å²) in [5.41, 5.74) is 6.94. The molecule has 0 spiro atoms. The smallest absolute Gasteiger partial charge is 0.166 e. The van der Waals surface area contributed by atoms with Crippen molar-refractivity contribution >= 4 is 5.82 Å². The number of rotatable bonds is 4. The molecule has 0 bridgehead atoms. The highest BCUT2D eigenvalue weighted by atomic mass is 16.5. The highest BCUT2D eigenvalue weighted by molar-refractivity contribution is 5.47. The Labute approximate surface area is 90.7 Å². The van der Waals surface area contributed by atoms with Crippen LogP contribution in [0.4, 0.5) is 5.82 Å². The Bertz CT molecular complexity index is 345. The topological polar surface area (TPSA) is 48.1 Å². The molecule has 1 aromatic rings. The van der Waals surface area contributed by atoms with Crippen molar-refractivity contribution in [3.05, 3.63) is 17.8 Å². The minimum absolute atomic E-state index is 0.460. The van der Waals surface area contributed by atoms with Crippen molar-refractivity contribution in [1.82, 2.24) is 4.98 Å². The molecule has 0 atom stereocenters. The maximum atomic E-state index is 5.76. The fourth-order valence-corrected chi connectivity index (χ4v) is 1.39. The monoisotopic (exact) mass is 206 g/mol. The van der Waals surface area contributed by atoms with E-state index in [0.29, 0.717) is 11.7 Å². The molecule has 1 heterocycles. The van der Waals surface area contributed by atoms with Crippen molar-refractivity contribution in [3.63, 3.8) is 0 Å². The van der Waals surface area contributed by atoms with Crippen LogP contribution in [0.5, 0.6) is 5.75 Å². The molecule has 0 aliphatic heterocycles. The fraction of sp³-hybridized carbons (Fsp3) is 0.583. The predicted octanol–water partition coefficient (Wildman–Crippen LogP) is 2.58. The standard InChI is InChI=1S/C12H18N2O/c1-8(2)10-5-11(12(13)14-6-10)15-7-9-3-4-9/h5-6,8-9H,3-4,7H2,1-2H3,(H2,13,14). The zero-order chi connectivity index (χ0) is 10.8. The number of hydrogen-bond donors (Lipinski definition) is 1. The van der Waals surface area contributed by atoms with Gasteiger partial charge >= 0.3 is 0 Å². The molecular weight excluding hydrogens is 188 g/mol. The second-order valence-electron chi connectivity index (χ2n) is 4.56. The quantitative estimate of drug-likeness (QED) is 0.823. The van der Waals surface area contributed by atoms with E-state index in [4.69, 9.17) is 10.5 Å². The summed E-state index contributed by atoms with van der Waals surface area (Å²) in [5, 5.41) is 0. The molecule has 0 radical (unpaired) electrons. The van der Waals surface area contributed by atoms with Crippen LogP contribution in [-0.4, -0.2) is 11.6 Å². The number of anilines is 1. The van der Waals surface area contributed by atoms with E-state index < -0.39 is 0 Å². The van der Waals surface area contributed by atoms with Gasteiger partial charge in [-0.1, -0.05) is 13.8 Å². The molecule has 0 amide bonds. The highest BCUT2D eigenvalue weighted by Crippen LogP contribution is 2.31. The van der Waals surface area contributed by atoms with E-state index >= 15 is 0 Å². The molecule has 2 rings (SSSR count). The van der Waals surface area contributed by atoms with Gasteiger partial charge in [0.15, 0.2) is 11.6 Å². The molecule has 1 fully saturated rings. The van der Waals surface area contributed by atoms with Crippen molar-refractivity contribution < 1.29 is 4.74 Å². The average molecular weight is 206 g/mol. The molecule has 0 saturated heterocycles. The first-order valence-electron chi connectivity index (χ1n) is 5.55. The Balaban J connectivity index is 2.08. The van der Waals surface area contributed by atoms with Crippen molar-refractivity contribution in [3.8, 4) is 5.75 Å². The molecular formula is C12H18N2O. The number of nitrogens with two attached hydrogens (primary N) is 1. The maximum absolute atomic E-state index is 5.76. The average Bonchev–Trinajstić information content (AvgIpc) is 3.00. The van der Waals surface area contributed by atoms with Crippen LogP contribution in [0.1, 0.15) is 38.2 Å². The molecule has 3 heteroatoms. The SMILES string of the molecule is CC(C)c1cnc(N)c(OCC2CC2)c1. The molecule has 0 aromatic carbocycles. The van der Waals surface area contributed by atoms with E-state index in [9.17, 15) is 0 Å². The zero-order valence-corrected chi connectivity index (χ0v) is 9.36. The first-order chi connectivity index (χ1) is 7.16. The normalized spacial score (nSPS) is 15.7.